The number of hydrogen-bond donors (Lipinski definition) is 0. The second kappa shape index (κ2) is 7.14. The first kappa shape index (κ1) is 13.8. The van der Waals surface area contributed by atoms with E-state index in [4.69, 9.17) is 0 Å². The molecule has 0 N–H and O–H groups in total. The van der Waals surface area contributed by atoms with Gasteiger partial charge in [0.25, 0.3) is 0 Å². The van der Waals surface area contributed by atoms with E-state index in [-0.39, 0.29) is 0 Å². The summed E-state index contributed by atoms with van der Waals surface area (Å²) >= 11 is 0. The molecule has 0 aliphatic carbocycles. The van der Waals surface area contributed by atoms with Crippen LogP contribution >= 0.6 is 0 Å². The van der Waals surface area contributed by atoms with Crippen LogP contribution in [0.1, 0.15) is 6.92 Å². The molecule has 0 aliphatic heterocycles. The van der Waals surface area contributed by atoms with Crippen molar-refractivity contribution in [3.63, 3.8) is 0 Å². The second-order valence-electron chi connectivity index (χ2n) is 2.83. The molecule has 1 aromatic heterocycles. The molecule has 15 heavy (non-hydrogen) atoms. The predicted octanol–water partition coefficient (Wildman–Crippen LogP) is 0.619. The van der Waals surface area contributed by atoms with Crippen LogP contribution in [-0.2, 0) is 17.2 Å². The van der Waals surface area contributed by atoms with Crippen molar-refractivity contribution in [1.29, 1.82) is 0 Å². The molecule has 4 nitrogen and oxygen atoms in total. The highest BCUT2D eigenvalue weighted by Crippen LogP contribution is 1.81. The van der Waals surface area contributed by atoms with Crippen molar-refractivity contribution in [3.05, 3.63) is 42.7 Å². The molecule has 1 rings (SSSR count). The molecule has 0 amide bonds. The fourth-order valence-corrected chi connectivity index (χ4v) is 1.13. The zero-order valence-corrected chi connectivity index (χ0v) is 9.65. The summed E-state index contributed by atoms with van der Waals surface area (Å²) < 4.78 is 31.4. The number of rotatable bonds is 2. The molecule has 84 valence electrons. The van der Waals surface area contributed by atoms with Crippen molar-refractivity contribution in [1.82, 2.24) is 0 Å². The van der Waals surface area contributed by atoms with Gasteiger partial charge in [0.2, 0.25) is 0 Å². The number of aromatic nitrogens is 1. The molecule has 0 unspecified atom stereocenters. The summed E-state index contributed by atoms with van der Waals surface area (Å²) in [7, 11) is -2.02. The lowest BCUT2D eigenvalue weighted by atomic mass is 10.5. The van der Waals surface area contributed by atoms with Crippen LogP contribution in [0.5, 0.6) is 0 Å². The van der Waals surface area contributed by atoms with Gasteiger partial charge in [0.1, 0.15) is 7.05 Å². The highest BCUT2D eigenvalue weighted by molar-refractivity contribution is 7.85. The van der Waals surface area contributed by atoms with Crippen LogP contribution in [0.4, 0.5) is 0 Å². The third-order valence-electron chi connectivity index (χ3n) is 1.40. The first-order valence-electron chi connectivity index (χ1n) is 4.40. The first-order valence-corrected chi connectivity index (χ1v) is 5.98. The minimum absolute atomic E-state index is 0.399. The van der Waals surface area contributed by atoms with Crippen LogP contribution in [0, 0.1) is 0 Å². The zero-order valence-electron chi connectivity index (χ0n) is 8.83. The fourth-order valence-electron chi connectivity index (χ4n) is 0.699. The SMILES string of the molecule is C/C=C/CS(=O)(=O)[O-].C[n+]1ccccc1. The van der Waals surface area contributed by atoms with E-state index < -0.39 is 15.9 Å². The van der Waals surface area contributed by atoms with Gasteiger partial charge < -0.3 is 4.55 Å². The maximum Gasteiger partial charge on any atom is 0.168 e. The number of nitrogens with zero attached hydrogens (tertiary/aromatic N) is 1. The molecule has 0 atom stereocenters. The lowest BCUT2D eigenvalue weighted by Crippen LogP contribution is -2.25. The van der Waals surface area contributed by atoms with Crippen LogP contribution in [-0.4, -0.2) is 18.7 Å². The largest absolute Gasteiger partial charge is 0.748 e. The van der Waals surface area contributed by atoms with Gasteiger partial charge in [0, 0.05) is 12.1 Å². The summed E-state index contributed by atoms with van der Waals surface area (Å²) in [5.74, 6) is -0.399. The lowest BCUT2D eigenvalue weighted by Gasteiger charge is -1.99. The van der Waals surface area contributed by atoms with Gasteiger partial charge >= 0.3 is 0 Å². The molecule has 1 aromatic rings. The Morgan fingerprint density at radius 2 is 1.80 bits per heavy atom. The Labute approximate surface area is 90.6 Å². The molecule has 0 fully saturated rings. The average Bonchev–Trinajstić information content (AvgIpc) is 2.16. The van der Waals surface area contributed by atoms with Gasteiger partial charge in [-0.3, -0.25) is 0 Å². The molecular weight excluding hydrogens is 214 g/mol. The molecule has 0 radical (unpaired) electrons. The van der Waals surface area contributed by atoms with Crippen molar-refractivity contribution >= 4 is 10.1 Å². The Morgan fingerprint density at radius 3 is 2.00 bits per heavy atom. The lowest BCUT2D eigenvalue weighted by molar-refractivity contribution is -0.671. The maximum atomic E-state index is 9.78. The van der Waals surface area contributed by atoms with Crippen molar-refractivity contribution in [2.24, 2.45) is 7.05 Å². The van der Waals surface area contributed by atoms with Gasteiger partial charge in [-0.05, 0) is 6.92 Å². The summed E-state index contributed by atoms with van der Waals surface area (Å²) in [4.78, 5) is 0. The molecule has 0 spiro atoms. The van der Waals surface area contributed by atoms with Crippen molar-refractivity contribution in [2.75, 3.05) is 5.75 Å². The number of pyridine rings is 1. The van der Waals surface area contributed by atoms with Crippen molar-refractivity contribution < 1.29 is 17.5 Å². The van der Waals surface area contributed by atoms with E-state index in [1.54, 1.807) is 6.92 Å². The molecule has 1 heterocycles. The second-order valence-corrected chi connectivity index (χ2v) is 4.28. The normalized spacial score (nSPS) is 10.9. The quantitative estimate of drug-likeness (QED) is 0.424. The van der Waals surface area contributed by atoms with Gasteiger partial charge in [0.05, 0.1) is 15.9 Å². The molecule has 5 heteroatoms. The Hall–Kier alpha value is -1.20. The van der Waals surface area contributed by atoms with Gasteiger partial charge in [-0.25, -0.2) is 13.0 Å². The Morgan fingerprint density at radius 1 is 1.27 bits per heavy atom. The van der Waals surface area contributed by atoms with Gasteiger partial charge in [0.15, 0.2) is 12.4 Å². The molecule has 0 saturated heterocycles. The number of hydrogen-bond acceptors (Lipinski definition) is 3. The summed E-state index contributed by atoms with van der Waals surface area (Å²) in [5.41, 5.74) is 0. The minimum Gasteiger partial charge on any atom is -0.748 e. The maximum absolute atomic E-state index is 9.78. The van der Waals surface area contributed by atoms with E-state index >= 15 is 0 Å². The van der Waals surface area contributed by atoms with E-state index in [0.717, 1.165) is 0 Å². The monoisotopic (exact) mass is 229 g/mol. The Bertz CT molecular complexity index is 384. The third-order valence-corrected chi connectivity index (χ3v) is 2.00. The van der Waals surface area contributed by atoms with Crippen LogP contribution in [0.25, 0.3) is 0 Å². The number of allylic oxidation sites excluding steroid dienone is 1. The van der Waals surface area contributed by atoms with Gasteiger partial charge in [-0.15, -0.1) is 0 Å². The smallest absolute Gasteiger partial charge is 0.168 e. The van der Waals surface area contributed by atoms with E-state index in [1.807, 2.05) is 42.2 Å². The molecule has 0 aromatic carbocycles. The average molecular weight is 229 g/mol. The fraction of sp³-hybridized carbons (Fsp3) is 0.300. The van der Waals surface area contributed by atoms with E-state index in [9.17, 15) is 13.0 Å². The Kier molecular flexibility index (Phi) is 6.57. The standard InChI is InChI=1S/C6H8N.C4H8O3S/c1-7-5-3-2-4-6-7;1-2-3-4-8(5,6)7/h2-6H,1H3;2-3H,4H2,1H3,(H,5,6,7)/q+1;/p-1/b;3-2+. The summed E-state index contributed by atoms with van der Waals surface area (Å²) in [6, 6.07) is 6.00. The predicted molar refractivity (Wildman–Crippen MR) is 57.0 cm³/mol. The molecular formula is C10H15NO3S. The summed E-state index contributed by atoms with van der Waals surface area (Å²) in [6.07, 6.45) is 6.83. The topological polar surface area (TPSA) is 61.1 Å². The van der Waals surface area contributed by atoms with E-state index in [1.165, 1.54) is 12.2 Å². The third kappa shape index (κ3) is 10.7. The van der Waals surface area contributed by atoms with Crippen LogP contribution in [0.3, 0.4) is 0 Å². The Balaban J connectivity index is 0.000000262. The summed E-state index contributed by atoms with van der Waals surface area (Å²) in [6.45, 7) is 1.66. The number of aryl methyl sites for hydroxylation is 1. The highest BCUT2D eigenvalue weighted by atomic mass is 32.2. The molecule has 0 bridgehead atoms. The highest BCUT2D eigenvalue weighted by Gasteiger charge is 1.84. The van der Waals surface area contributed by atoms with Crippen LogP contribution in [0.15, 0.2) is 42.7 Å². The van der Waals surface area contributed by atoms with Gasteiger partial charge in [-0.2, -0.15) is 0 Å². The van der Waals surface area contributed by atoms with Crippen molar-refractivity contribution in [3.8, 4) is 0 Å². The van der Waals surface area contributed by atoms with E-state index in [2.05, 4.69) is 0 Å². The minimum atomic E-state index is -4.02. The first-order chi connectivity index (χ1) is 6.95. The van der Waals surface area contributed by atoms with E-state index in [0.29, 0.717) is 0 Å². The molecule has 0 aliphatic rings. The van der Waals surface area contributed by atoms with Crippen LogP contribution in [0.2, 0.25) is 0 Å². The summed E-state index contributed by atoms with van der Waals surface area (Å²) in [5, 5.41) is 0. The van der Waals surface area contributed by atoms with Crippen molar-refractivity contribution in [2.45, 2.75) is 6.92 Å². The van der Waals surface area contributed by atoms with Gasteiger partial charge in [-0.1, -0.05) is 18.2 Å². The van der Waals surface area contributed by atoms with Crippen LogP contribution < -0.4 is 4.57 Å². The molecule has 0 saturated carbocycles. The zero-order chi connectivity index (χ0) is 11.7.